The fourth-order valence-corrected chi connectivity index (χ4v) is 1.62. The summed E-state index contributed by atoms with van der Waals surface area (Å²) in [5, 5.41) is 10.6. The van der Waals surface area contributed by atoms with Gasteiger partial charge in [-0.15, -0.1) is 12.6 Å². The molecule has 0 aliphatic rings. The summed E-state index contributed by atoms with van der Waals surface area (Å²) in [5.74, 6) is 1.55. The number of nitrogens with zero attached hydrogens (tertiary/aromatic N) is 2. The Morgan fingerprint density at radius 2 is 2.45 bits per heavy atom. The van der Waals surface area contributed by atoms with Gasteiger partial charge in [-0.3, -0.25) is 5.32 Å². The molecular formula is C11H24BN4OPS2. The lowest BCUT2D eigenvalue weighted by Gasteiger charge is -2.17. The number of nitrogens with one attached hydrogen (secondary N) is 2. The molecule has 0 aliphatic carbocycles. The Hall–Kier alpha value is -0.00506. The Bertz CT molecular complexity index is 421. The van der Waals surface area contributed by atoms with Gasteiger partial charge in [-0.2, -0.15) is 9.12 Å². The molecule has 1 aromatic heterocycles. The van der Waals surface area contributed by atoms with Crippen LogP contribution in [0.15, 0.2) is 6.20 Å². The number of aliphatic hydroxyl groups is 1. The van der Waals surface area contributed by atoms with E-state index in [0.717, 1.165) is 36.6 Å². The highest BCUT2D eigenvalue weighted by molar-refractivity contribution is 8.20. The average molecular weight is 337 g/mol. The number of anilines is 1. The molecule has 0 spiro atoms. The van der Waals surface area contributed by atoms with Crippen LogP contribution in [0.4, 0.5) is 5.82 Å². The molecule has 2 atom stereocenters. The smallest absolute Gasteiger partial charge is 0.210 e. The van der Waals surface area contributed by atoms with Crippen LogP contribution in [0.1, 0.15) is 24.7 Å². The van der Waals surface area contributed by atoms with Gasteiger partial charge in [0.25, 0.3) is 0 Å². The molecule has 20 heavy (non-hydrogen) atoms. The van der Waals surface area contributed by atoms with E-state index in [9.17, 15) is 0 Å². The standard InChI is InChI=1S/C11H20N4OS.BH4PS/c1-3-9-7-13-8(2)14-10(9)15-11(17)12-5-4-6-16;2-1-3/h7,11-12,16-17H,3-6H2,1-2H3,(H,13,14,15);1,3H,2H2/i16T;1D. The molecule has 9 heteroatoms. The molecule has 114 valence electrons. The number of thiol groups is 2. The van der Waals surface area contributed by atoms with E-state index >= 15 is 0 Å². The van der Waals surface area contributed by atoms with Crippen LogP contribution >= 0.6 is 34.2 Å². The normalized spacial score (nSPS) is 12.7. The minimum Gasteiger partial charge on any atom is -0.396 e. The van der Waals surface area contributed by atoms with Gasteiger partial charge in [-0.1, -0.05) is 6.92 Å². The zero-order valence-corrected chi connectivity index (χ0v) is 14.8. The van der Waals surface area contributed by atoms with Gasteiger partial charge in [0.2, 0.25) is 7.67 Å². The van der Waals surface area contributed by atoms with E-state index in [2.05, 4.69) is 66.9 Å². The predicted octanol–water partition coefficient (Wildman–Crippen LogP) is 1.00. The SMILES string of the molecule is [2H]B(P)S.[3H]OCCCNC(S)Nc1nc(C)ncc1CC. The second-order valence-electron chi connectivity index (χ2n) is 3.85. The summed E-state index contributed by atoms with van der Waals surface area (Å²) in [7, 11) is 2.19. The van der Waals surface area contributed by atoms with Gasteiger partial charge in [0.05, 0.1) is 0 Å². The first-order valence-corrected chi connectivity index (χ1v) is 8.05. The van der Waals surface area contributed by atoms with Crippen molar-refractivity contribution in [1.29, 1.82) is 2.77 Å². The van der Waals surface area contributed by atoms with Crippen molar-refractivity contribution in [1.82, 2.24) is 15.3 Å². The minimum atomic E-state index is -0.306. The minimum absolute atomic E-state index is 0.185. The first-order valence-electron chi connectivity index (χ1n) is 7.33. The average Bonchev–Trinajstić information content (AvgIpc) is 2.43. The van der Waals surface area contributed by atoms with E-state index in [1.165, 1.54) is 0 Å². The van der Waals surface area contributed by atoms with Crippen LogP contribution in [-0.4, -0.2) is 42.7 Å². The van der Waals surface area contributed by atoms with Crippen molar-refractivity contribution < 1.29 is 5.11 Å². The van der Waals surface area contributed by atoms with Gasteiger partial charge in [-0.25, -0.2) is 22.4 Å². The lowest BCUT2D eigenvalue weighted by molar-refractivity contribution is 0.286. The molecule has 0 aromatic carbocycles. The fourth-order valence-electron chi connectivity index (χ4n) is 1.37. The van der Waals surface area contributed by atoms with Crippen molar-refractivity contribution in [2.24, 2.45) is 0 Å². The fraction of sp³-hybridized carbons (Fsp3) is 0.636. The van der Waals surface area contributed by atoms with Crippen LogP contribution in [-0.2, 0) is 6.42 Å². The summed E-state index contributed by atoms with van der Waals surface area (Å²) in [4.78, 5) is 8.53. The first-order chi connectivity index (χ1) is 10.4. The number of aromatic nitrogens is 2. The molecule has 1 rings (SSSR count). The first kappa shape index (κ1) is 16.4. The molecular weight excluding hydrogens is 310 g/mol. The van der Waals surface area contributed by atoms with Crippen molar-refractivity contribution in [2.75, 3.05) is 18.5 Å². The molecule has 0 bridgehead atoms. The molecule has 0 fully saturated rings. The van der Waals surface area contributed by atoms with Gasteiger partial charge in [0, 0.05) is 18.4 Å². The van der Waals surface area contributed by atoms with Crippen molar-refractivity contribution in [3.63, 3.8) is 0 Å². The van der Waals surface area contributed by atoms with E-state index in [4.69, 9.17) is 2.77 Å². The molecule has 0 amide bonds. The van der Waals surface area contributed by atoms with Gasteiger partial charge in [0.15, 0.2) is 0 Å². The predicted molar refractivity (Wildman–Crippen MR) is 98.1 cm³/mol. The van der Waals surface area contributed by atoms with E-state index < -0.39 is 0 Å². The summed E-state index contributed by atoms with van der Waals surface area (Å²) < 4.78 is 13.0. The van der Waals surface area contributed by atoms with Crippen LogP contribution in [0, 0.1) is 6.92 Å². The van der Waals surface area contributed by atoms with Gasteiger partial charge in [-0.05, 0) is 27.6 Å². The highest BCUT2D eigenvalue weighted by atomic mass is 32.1. The zero-order chi connectivity index (χ0) is 17.0. The maximum absolute atomic E-state index is 6.57. The van der Waals surface area contributed by atoms with Crippen LogP contribution in [0.3, 0.4) is 0 Å². The molecule has 0 saturated carbocycles. The van der Waals surface area contributed by atoms with Crippen molar-refractivity contribution in [3.05, 3.63) is 17.6 Å². The van der Waals surface area contributed by atoms with Crippen LogP contribution in [0.25, 0.3) is 0 Å². The lowest BCUT2D eigenvalue weighted by atomic mass is 10.2. The van der Waals surface area contributed by atoms with E-state index in [1.807, 2.05) is 13.1 Å². The van der Waals surface area contributed by atoms with Crippen molar-refractivity contribution in [3.8, 4) is 0 Å². The number of hydrogen-bond acceptors (Lipinski definition) is 7. The Balaban J connectivity index is 0.000000980. The summed E-state index contributed by atoms with van der Waals surface area (Å²) in [6.45, 7) is 5.06. The number of hydrogen-bond donors (Lipinski definition) is 5. The van der Waals surface area contributed by atoms with Crippen LogP contribution < -0.4 is 10.6 Å². The van der Waals surface area contributed by atoms with Gasteiger partial charge in [0.1, 0.15) is 17.1 Å². The Morgan fingerprint density at radius 3 is 3.05 bits per heavy atom. The Morgan fingerprint density at radius 1 is 1.75 bits per heavy atom. The van der Waals surface area contributed by atoms with E-state index in [-0.39, 0.29) is 11.7 Å². The molecule has 0 aliphatic heterocycles. The third-order valence-electron chi connectivity index (χ3n) is 2.30. The highest BCUT2D eigenvalue weighted by Gasteiger charge is 2.07. The second-order valence-corrected chi connectivity index (χ2v) is 5.56. The number of rotatable bonds is 8. The van der Waals surface area contributed by atoms with Crippen molar-refractivity contribution in [2.45, 2.75) is 32.2 Å². The molecule has 0 saturated heterocycles. The molecule has 5 nitrogen and oxygen atoms in total. The quantitative estimate of drug-likeness (QED) is 0.161. The topological polar surface area (TPSA) is 70.1 Å². The largest absolute Gasteiger partial charge is 0.396 e. The Kier molecular flexibility index (Phi) is 10.4. The third kappa shape index (κ3) is 9.03. The van der Waals surface area contributed by atoms with E-state index in [1.54, 1.807) is 0 Å². The summed E-state index contributed by atoms with van der Waals surface area (Å²) in [6.07, 6.45) is 3.17. The maximum atomic E-state index is 6.57. The molecule has 3 N–H and O–H groups in total. The summed E-state index contributed by atoms with van der Waals surface area (Å²) in [6, 6.07) is 0. The number of aryl methyl sites for hydroxylation is 2. The monoisotopic (exact) mass is 337 g/mol. The second kappa shape index (κ2) is 12.7. The third-order valence-corrected chi connectivity index (χ3v) is 2.61. The summed E-state index contributed by atoms with van der Waals surface area (Å²) >= 11 is 7.99. The van der Waals surface area contributed by atoms with Crippen molar-refractivity contribution >= 4 is 46.3 Å². The molecule has 1 heterocycles. The summed E-state index contributed by atoms with van der Waals surface area (Å²) in [5.41, 5.74) is 0.881. The van der Waals surface area contributed by atoms with Crippen LogP contribution in [0.2, 0.25) is 0 Å². The lowest BCUT2D eigenvalue weighted by Crippen LogP contribution is -2.33. The molecule has 0 radical (unpaired) electrons. The van der Waals surface area contributed by atoms with E-state index in [0.29, 0.717) is 6.61 Å². The van der Waals surface area contributed by atoms with Crippen LogP contribution in [0.5, 0.6) is 0 Å². The number of aliphatic hydroxyl groups excluding tert-OH is 1. The molecule has 2 unspecified atom stereocenters. The Labute approximate surface area is 138 Å². The maximum Gasteiger partial charge on any atom is 0.210 e. The molecule has 1 aromatic rings. The van der Waals surface area contributed by atoms with Gasteiger partial charge >= 0.3 is 0 Å². The van der Waals surface area contributed by atoms with Gasteiger partial charge < -0.3 is 10.4 Å². The zero-order valence-electron chi connectivity index (χ0n) is 13.8. The highest BCUT2D eigenvalue weighted by Crippen LogP contribution is 2.13.